The average Bonchev–Trinajstić information content (AvgIpc) is 2.36. The fourth-order valence-electron chi connectivity index (χ4n) is 1.98. The molecule has 1 unspecified atom stereocenters. The zero-order valence-electron chi connectivity index (χ0n) is 10.4. The monoisotopic (exact) mass is 253 g/mol. The first kappa shape index (κ1) is 14.5. The van der Waals surface area contributed by atoms with Crippen LogP contribution >= 0.6 is 0 Å². The molecule has 100 valence electrons. The minimum absolute atomic E-state index is 0.0384. The Morgan fingerprint density at radius 2 is 2.22 bits per heavy atom. The fraction of sp³-hybridized carbons (Fsp3) is 0.692. The van der Waals surface area contributed by atoms with E-state index in [1.165, 1.54) is 4.90 Å². The first-order valence-corrected chi connectivity index (χ1v) is 6.18. The van der Waals surface area contributed by atoms with Crippen LogP contribution in [0.3, 0.4) is 0 Å². The van der Waals surface area contributed by atoms with Crippen molar-refractivity contribution in [1.29, 1.82) is 0 Å². The molecular formula is C13H19NO4. The number of carbonyl (C=O) groups is 2. The molecule has 5 heteroatoms. The molecule has 0 radical (unpaired) electrons. The van der Waals surface area contributed by atoms with Crippen LogP contribution in [0.2, 0.25) is 0 Å². The van der Waals surface area contributed by atoms with Gasteiger partial charge in [0.15, 0.2) is 0 Å². The van der Waals surface area contributed by atoms with Gasteiger partial charge in [-0.15, -0.1) is 6.42 Å². The lowest BCUT2D eigenvalue weighted by molar-refractivity contribution is -0.144. The van der Waals surface area contributed by atoms with E-state index in [4.69, 9.17) is 16.3 Å². The summed E-state index contributed by atoms with van der Waals surface area (Å²) in [5.41, 5.74) is 0. The van der Waals surface area contributed by atoms with E-state index in [0.717, 1.165) is 25.9 Å². The third-order valence-corrected chi connectivity index (χ3v) is 2.92. The lowest BCUT2D eigenvalue weighted by Gasteiger charge is -2.24. The van der Waals surface area contributed by atoms with E-state index in [1.54, 1.807) is 0 Å². The van der Waals surface area contributed by atoms with Crippen molar-refractivity contribution in [2.75, 3.05) is 19.7 Å². The van der Waals surface area contributed by atoms with Crippen LogP contribution in [0.15, 0.2) is 0 Å². The van der Waals surface area contributed by atoms with E-state index in [-0.39, 0.29) is 25.1 Å². The predicted octanol–water partition coefficient (Wildman–Crippen LogP) is 0.882. The maximum Gasteiger partial charge on any atom is 0.323 e. The molecule has 1 fully saturated rings. The quantitative estimate of drug-likeness (QED) is 0.714. The van der Waals surface area contributed by atoms with Gasteiger partial charge in [0, 0.05) is 13.0 Å². The number of ether oxygens (including phenoxy) is 1. The Labute approximate surface area is 107 Å². The molecule has 5 nitrogen and oxygen atoms in total. The SMILES string of the molecule is C#CCN(CC(=O)O)C(=O)CCC1CCCCO1. The second-order valence-electron chi connectivity index (χ2n) is 4.37. The number of hydrogen-bond donors (Lipinski definition) is 1. The maximum absolute atomic E-state index is 11.8. The highest BCUT2D eigenvalue weighted by atomic mass is 16.5. The highest BCUT2D eigenvalue weighted by Crippen LogP contribution is 2.17. The average molecular weight is 253 g/mol. The smallest absolute Gasteiger partial charge is 0.323 e. The van der Waals surface area contributed by atoms with Crippen molar-refractivity contribution in [3.8, 4) is 12.3 Å². The highest BCUT2D eigenvalue weighted by Gasteiger charge is 2.19. The lowest BCUT2D eigenvalue weighted by Crippen LogP contribution is -2.36. The fourth-order valence-corrected chi connectivity index (χ4v) is 1.98. The van der Waals surface area contributed by atoms with Crippen LogP contribution in [0.1, 0.15) is 32.1 Å². The summed E-state index contributed by atoms with van der Waals surface area (Å²) in [5.74, 6) is 1.04. The van der Waals surface area contributed by atoms with Crippen molar-refractivity contribution in [1.82, 2.24) is 4.90 Å². The second kappa shape index (κ2) is 7.72. The Morgan fingerprint density at radius 3 is 2.78 bits per heavy atom. The van der Waals surface area contributed by atoms with E-state index in [1.807, 2.05) is 0 Å². The Bertz CT molecular complexity index is 328. The summed E-state index contributed by atoms with van der Waals surface area (Å²) in [6, 6.07) is 0. The second-order valence-corrected chi connectivity index (χ2v) is 4.37. The molecule has 1 N–H and O–H groups in total. The normalized spacial score (nSPS) is 18.9. The lowest BCUT2D eigenvalue weighted by atomic mass is 10.0. The molecule has 0 bridgehead atoms. The van der Waals surface area contributed by atoms with Gasteiger partial charge in [0.2, 0.25) is 5.91 Å². The van der Waals surface area contributed by atoms with Gasteiger partial charge in [-0.25, -0.2) is 0 Å². The Kier molecular flexibility index (Phi) is 6.23. The summed E-state index contributed by atoms with van der Waals surface area (Å²) in [5, 5.41) is 8.69. The Balaban J connectivity index is 2.35. The van der Waals surface area contributed by atoms with Crippen LogP contribution in [-0.4, -0.2) is 47.7 Å². The van der Waals surface area contributed by atoms with Gasteiger partial charge in [-0.2, -0.15) is 0 Å². The number of rotatable bonds is 6. The highest BCUT2D eigenvalue weighted by molar-refractivity contribution is 5.81. The first-order chi connectivity index (χ1) is 8.63. The summed E-state index contributed by atoms with van der Waals surface area (Å²) in [6.45, 7) is 0.452. The van der Waals surface area contributed by atoms with Crippen molar-refractivity contribution in [2.45, 2.75) is 38.2 Å². The van der Waals surface area contributed by atoms with Crippen molar-refractivity contribution >= 4 is 11.9 Å². The number of carboxylic acids is 1. The standard InChI is InChI=1S/C13H19NO4/c1-2-8-14(10-13(16)17)12(15)7-6-11-5-3-4-9-18-11/h1,11H,3-10H2,(H,16,17). The zero-order valence-corrected chi connectivity index (χ0v) is 10.4. The van der Waals surface area contributed by atoms with Crippen molar-refractivity contribution in [3.63, 3.8) is 0 Å². The Morgan fingerprint density at radius 1 is 1.44 bits per heavy atom. The van der Waals surface area contributed by atoms with Gasteiger partial charge in [-0.1, -0.05) is 5.92 Å². The molecule has 0 aliphatic carbocycles. The number of nitrogens with zero attached hydrogens (tertiary/aromatic N) is 1. The number of hydrogen-bond acceptors (Lipinski definition) is 3. The summed E-state index contributed by atoms with van der Waals surface area (Å²) < 4.78 is 5.52. The van der Waals surface area contributed by atoms with Crippen LogP contribution in [0.4, 0.5) is 0 Å². The molecule has 1 aliphatic heterocycles. The Hall–Kier alpha value is -1.54. The summed E-state index contributed by atoms with van der Waals surface area (Å²) in [7, 11) is 0. The molecule has 0 aromatic carbocycles. The summed E-state index contributed by atoms with van der Waals surface area (Å²) in [6.07, 6.45) is 9.35. The van der Waals surface area contributed by atoms with Crippen molar-refractivity contribution in [3.05, 3.63) is 0 Å². The van der Waals surface area contributed by atoms with E-state index in [2.05, 4.69) is 5.92 Å². The molecule has 1 saturated heterocycles. The largest absolute Gasteiger partial charge is 0.480 e. The van der Waals surface area contributed by atoms with E-state index >= 15 is 0 Å². The minimum atomic E-state index is -1.05. The summed E-state index contributed by atoms with van der Waals surface area (Å²) >= 11 is 0. The first-order valence-electron chi connectivity index (χ1n) is 6.18. The molecule has 0 aromatic rings. The van der Waals surface area contributed by atoms with Gasteiger partial charge in [0.05, 0.1) is 12.6 Å². The molecule has 1 heterocycles. The van der Waals surface area contributed by atoms with Crippen molar-refractivity contribution < 1.29 is 19.4 Å². The van der Waals surface area contributed by atoms with Gasteiger partial charge in [-0.05, 0) is 25.7 Å². The van der Waals surface area contributed by atoms with Crippen LogP contribution in [-0.2, 0) is 14.3 Å². The van der Waals surface area contributed by atoms with Crippen LogP contribution in [0, 0.1) is 12.3 Å². The molecule has 0 spiro atoms. The predicted molar refractivity (Wildman–Crippen MR) is 65.9 cm³/mol. The third kappa shape index (κ3) is 5.19. The van der Waals surface area contributed by atoms with Gasteiger partial charge in [0.1, 0.15) is 6.54 Å². The van der Waals surface area contributed by atoms with E-state index in [0.29, 0.717) is 12.8 Å². The molecule has 18 heavy (non-hydrogen) atoms. The van der Waals surface area contributed by atoms with Gasteiger partial charge >= 0.3 is 5.97 Å². The van der Waals surface area contributed by atoms with Crippen LogP contribution < -0.4 is 0 Å². The number of terminal acetylenes is 1. The number of aliphatic carboxylic acids is 1. The van der Waals surface area contributed by atoms with Gasteiger partial charge in [0.25, 0.3) is 0 Å². The molecule has 1 amide bonds. The number of carboxylic acid groups (broad SMARTS) is 1. The molecule has 1 atom stereocenters. The maximum atomic E-state index is 11.8. The topological polar surface area (TPSA) is 66.8 Å². The number of amides is 1. The molecular weight excluding hydrogens is 234 g/mol. The van der Waals surface area contributed by atoms with E-state index < -0.39 is 5.97 Å². The molecule has 1 aliphatic rings. The molecule has 0 aromatic heterocycles. The van der Waals surface area contributed by atoms with Gasteiger partial charge in [-0.3, -0.25) is 9.59 Å². The van der Waals surface area contributed by atoms with Gasteiger partial charge < -0.3 is 14.7 Å². The summed E-state index contributed by atoms with van der Waals surface area (Å²) in [4.78, 5) is 23.6. The molecule has 0 saturated carbocycles. The van der Waals surface area contributed by atoms with Crippen LogP contribution in [0.25, 0.3) is 0 Å². The van der Waals surface area contributed by atoms with Crippen molar-refractivity contribution in [2.24, 2.45) is 0 Å². The number of carbonyl (C=O) groups excluding carboxylic acids is 1. The zero-order chi connectivity index (χ0) is 13.4. The van der Waals surface area contributed by atoms with Crippen LogP contribution in [0.5, 0.6) is 0 Å². The van der Waals surface area contributed by atoms with E-state index in [9.17, 15) is 9.59 Å². The molecule has 1 rings (SSSR count). The minimum Gasteiger partial charge on any atom is -0.480 e. The third-order valence-electron chi connectivity index (χ3n) is 2.92.